The first-order valence-corrected chi connectivity index (χ1v) is 6.38. The van der Waals surface area contributed by atoms with Crippen molar-refractivity contribution in [1.29, 1.82) is 0 Å². The molecular formula is C14H18N2O3. The maximum atomic E-state index is 12.3. The summed E-state index contributed by atoms with van der Waals surface area (Å²) in [5.41, 5.74) is 0.900. The Morgan fingerprint density at radius 1 is 1.32 bits per heavy atom. The minimum atomic E-state index is -0.949. The number of hydrogen-bond acceptors (Lipinski definition) is 3. The number of benzene rings is 1. The molecule has 1 aromatic carbocycles. The van der Waals surface area contributed by atoms with Gasteiger partial charge in [0.15, 0.2) is 0 Å². The summed E-state index contributed by atoms with van der Waals surface area (Å²) >= 11 is 0. The van der Waals surface area contributed by atoms with Crippen LogP contribution < -0.4 is 4.90 Å². The molecule has 1 atom stereocenters. The van der Waals surface area contributed by atoms with Crippen molar-refractivity contribution >= 4 is 17.6 Å². The maximum Gasteiger partial charge on any atom is 0.305 e. The van der Waals surface area contributed by atoms with Crippen molar-refractivity contribution < 1.29 is 14.7 Å². The van der Waals surface area contributed by atoms with E-state index in [9.17, 15) is 9.59 Å². The van der Waals surface area contributed by atoms with Gasteiger partial charge in [-0.05, 0) is 18.6 Å². The third kappa shape index (κ3) is 3.05. The van der Waals surface area contributed by atoms with Gasteiger partial charge in [0.25, 0.3) is 0 Å². The highest BCUT2D eigenvalue weighted by molar-refractivity contribution is 5.89. The Labute approximate surface area is 112 Å². The van der Waals surface area contributed by atoms with Gasteiger partial charge in [-0.1, -0.05) is 18.2 Å². The van der Waals surface area contributed by atoms with E-state index < -0.39 is 12.0 Å². The zero-order valence-corrected chi connectivity index (χ0v) is 11.0. The smallest absolute Gasteiger partial charge is 0.305 e. The highest BCUT2D eigenvalue weighted by atomic mass is 16.4. The second-order valence-electron chi connectivity index (χ2n) is 4.76. The molecular weight excluding hydrogens is 244 g/mol. The van der Waals surface area contributed by atoms with Crippen molar-refractivity contribution in [3.05, 3.63) is 30.3 Å². The lowest BCUT2D eigenvalue weighted by molar-refractivity contribution is -0.141. The summed E-state index contributed by atoms with van der Waals surface area (Å²) in [6.45, 7) is 1.36. The molecule has 1 N–H and O–H groups in total. The lowest BCUT2D eigenvalue weighted by Gasteiger charge is -2.30. The lowest BCUT2D eigenvalue weighted by Crippen LogP contribution is -2.46. The van der Waals surface area contributed by atoms with Gasteiger partial charge in [-0.3, -0.25) is 9.59 Å². The van der Waals surface area contributed by atoms with Crippen LogP contribution in [0.2, 0.25) is 0 Å². The van der Waals surface area contributed by atoms with Gasteiger partial charge < -0.3 is 14.9 Å². The number of rotatable bonds is 3. The fraction of sp³-hybridized carbons (Fsp3) is 0.429. The fourth-order valence-corrected chi connectivity index (χ4v) is 2.42. The van der Waals surface area contributed by atoms with E-state index in [-0.39, 0.29) is 12.3 Å². The van der Waals surface area contributed by atoms with E-state index in [1.165, 1.54) is 0 Å². The second-order valence-corrected chi connectivity index (χ2v) is 4.76. The zero-order valence-electron chi connectivity index (χ0n) is 11.0. The number of nitrogens with zero attached hydrogens (tertiary/aromatic N) is 2. The fourth-order valence-electron chi connectivity index (χ4n) is 2.42. The maximum absolute atomic E-state index is 12.3. The number of carboxylic acids is 1. The number of para-hydroxylation sites is 1. The summed E-state index contributed by atoms with van der Waals surface area (Å²) in [5, 5.41) is 9.03. The van der Waals surface area contributed by atoms with E-state index in [4.69, 9.17) is 5.11 Å². The number of hydrogen-bond donors (Lipinski definition) is 1. The van der Waals surface area contributed by atoms with Crippen LogP contribution in [0.25, 0.3) is 0 Å². The van der Waals surface area contributed by atoms with E-state index >= 15 is 0 Å². The van der Waals surface area contributed by atoms with E-state index in [1.807, 2.05) is 35.2 Å². The average Bonchev–Trinajstić information content (AvgIpc) is 2.53. The molecule has 0 bridgehead atoms. The summed E-state index contributed by atoms with van der Waals surface area (Å²) in [7, 11) is 1.73. The van der Waals surface area contributed by atoms with Crippen LogP contribution in [0.3, 0.4) is 0 Å². The molecule has 1 unspecified atom stereocenters. The Bertz CT molecular complexity index is 461. The van der Waals surface area contributed by atoms with Gasteiger partial charge in [-0.15, -0.1) is 0 Å². The number of aliphatic carboxylic acids is 1. The molecule has 2 rings (SSSR count). The third-order valence-electron chi connectivity index (χ3n) is 3.39. The van der Waals surface area contributed by atoms with Crippen LogP contribution in [0.4, 0.5) is 5.69 Å². The van der Waals surface area contributed by atoms with Crippen molar-refractivity contribution in [3.63, 3.8) is 0 Å². The summed E-state index contributed by atoms with van der Waals surface area (Å²) in [5.74, 6) is -1.07. The number of likely N-dealkylation sites (N-methyl/N-ethyl adjacent to an activating group) is 1. The Morgan fingerprint density at radius 3 is 2.63 bits per heavy atom. The molecule has 0 aromatic heterocycles. The quantitative estimate of drug-likeness (QED) is 0.889. The molecule has 19 heavy (non-hydrogen) atoms. The van der Waals surface area contributed by atoms with E-state index in [1.54, 1.807) is 11.9 Å². The van der Waals surface area contributed by atoms with Gasteiger partial charge in [-0.2, -0.15) is 0 Å². The van der Waals surface area contributed by atoms with Gasteiger partial charge in [0.1, 0.15) is 6.04 Å². The van der Waals surface area contributed by atoms with E-state index in [0.29, 0.717) is 13.1 Å². The number of carboxylic acid groups (broad SMARTS) is 1. The van der Waals surface area contributed by atoms with Crippen molar-refractivity contribution in [2.45, 2.75) is 18.9 Å². The first-order valence-electron chi connectivity index (χ1n) is 6.38. The molecule has 1 amide bonds. The van der Waals surface area contributed by atoms with E-state index in [0.717, 1.165) is 12.1 Å². The Kier molecular flexibility index (Phi) is 4.04. The molecule has 5 heteroatoms. The predicted molar refractivity (Wildman–Crippen MR) is 72.1 cm³/mol. The Hall–Kier alpha value is -2.04. The van der Waals surface area contributed by atoms with Crippen LogP contribution in [-0.4, -0.2) is 48.1 Å². The van der Waals surface area contributed by atoms with Crippen LogP contribution in [0, 0.1) is 0 Å². The van der Waals surface area contributed by atoms with Crippen LogP contribution >= 0.6 is 0 Å². The molecule has 1 aliphatic heterocycles. The average molecular weight is 262 g/mol. The van der Waals surface area contributed by atoms with E-state index in [2.05, 4.69) is 0 Å². The standard InChI is InChI=1S/C14H18N2O3/c1-15-8-5-9-16(11-6-3-2-4-7-11)12(14(15)19)10-13(17)18/h2-4,6-7,12H,5,8-10H2,1H3,(H,17,18). The SMILES string of the molecule is CN1CCCN(c2ccccc2)C(CC(=O)O)C1=O. The normalized spacial score (nSPS) is 20.3. The van der Waals surface area contributed by atoms with Gasteiger partial charge in [0.05, 0.1) is 6.42 Å². The van der Waals surface area contributed by atoms with Crippen molar-refractivity contribution in [2.24, 2.45) is 0 Å². The van der Waals surface area contributed by atoms with Crippen LogP contribution in [0.15, 0.2) is 30.3 Å². The van der Waals surface area contributed by atoms with Crippen molar-refractivity contribution in [1.82, 2.24) is 4.90 Å². The summed E-state index contributed by atoms with van der Waals surface area (Å²) in [6, 6.07) is 8.90. The Balaban J connectivity index is 2.31. The second kappa shape index (κ2) is 5.73. The number of carbonyl (C=O) groups is 2. The van der Waals surface area contributed by atoms with Crippen LogP contribution in [0.1, 0.15) is 12.8 Å². The molecule has 1 saturated heterocycles. The minimum Gasteiger partial charge on any atom is -0.481 e. The highest BCUT2D eigenvalue weighted by Crippen LogP contribution is 2.22. The Morgan fingerprint density at radius 2 is 2.00 bits per heavy atom. The molecule has 1 heterocycles. The molecule has 0 spiro atoms. The first-order chi connectivity index (χ1) is 9.09. The summed E-state index contributed by atoms with van der Waals surface area (Å²) in [4.78, 5) is 26.8. The lowest BCUT2D eigenvalue weighted by atomic mass is 10.1. The van der Waals surface area contributed by atoms with Gasteiger partial charge >= 0.3 is 5.97 Å². The molecule has 1 aromatic rings. The zero-order chi connectivity index (χ0) is 13.8. The first kappa shape index (κ1) is 13.4. The summed E-state index contributed by atoms with van der Waals surface area (Å²) < 4.78 is 0. The largest absolute Gasteiger partial charge is 0.481 e. The topological polar surface area (TPSA) is 60.9 Å². The molecule has 0 radical (unpaired) electrons. The molecule has 0 saturated carbocycles. The number of amides is 1. The van der Waals surface area contributed by atoms with Crippen molar-refractivity contribution in [2.75, 3.05) is 25.0 Å². The molecule has 102 valence electrons. The number of anilines is 1. The third-order valence-corrected chi connectivity index (χ3v) is 3.39. The van der Waals surface area contributed by atoms with Gasteiger partial charge in [0, 0.05) is 25.8 Å². The number of carbonyl (C=O) groups excluding carboxylic acids is 1. The van der Waals surface area contributed by atoms with Gasteiger partial charge in [-0.25, -0.2) is 0 Å². The highest BCUT2D eigenvalue weighted by Gasteiger charge is 2.32. The monoisotopic (exact) mass is 262 g/mol. The van der Waals surface area contributed by atoms with Crippen LogP contribution in [0.5, 0.6) is 0 Å². The minimum absolute atomic E-state index is 0.122. The molecule has 1 fully saturated rings. The van der Waals surface area contributed by atoms with Crippen LogP contribution in [-0.2, 0) is 9.59 Å². The molecule has 0 aliphatic carbocycles. The molecule has 1 aliphatic rings. The van der Waals surface area contributed by atoms with Gasteiger partial charge in [0.2, 0.25) is 5.91 Å². The summed E-state index contributed by atoms with van der Waals surface area (Å²) in [6.07, 6.45) is 0.672. The predicted octanol–water partition coefficient (Wildman–Crippen LogP) is 1.20. The van der Waals surface area contributed by atoms with Crippen molar-refractivity contribution in [3.8, 4) is 0 Å². The molecule has 5 nitrogen and oxygen atoms in total.